The Bertz CT molecular complexity index is 949. The smallest absolute Gasteiger partial charge is 0.252 e. The number of benzene rings is 2. The van der Waals surface area contributed by atoms with Crippen LogP contribution in [0.4, 0.5) is 5.69 Å². The number of hydrogen-bond acceptors (Lipinski definition) is 3. The molecule has 2 aromatic carbocycles. The van der Waals surface area contributed by atoms with Gasteiger partial charge in [-0.05, 0) is 61.9 Å². The van der Waals surface area contributed by atoms with Gasteiger partial charge in [0.25, 0.3) is 5.91 Å². The molecule has 2 unspecified atom stereocenters. The lowest BCUT2D eigenvalue weighted by molar-refractivity contribution is -0.124. The minimum absolute atomic E-state index is 0.0678. The van der Waals surface area contributed by atoms with E-state index in [1.165, 1.54) is 0 Å². The second-order valence-corrected chi connectivity index (χ2v) is 8.63. The first kappa shape index (κ1) is 22.5. The Morgan fingerprint density at radius 3 is 2.13 bits per heavy atom. The van der Waals surface area contributed by atoms with Crippen molar-refractivity contribution < 1.29 is 14.4 Å². The van der Waals surface area contributed by atoms with E-state index < -0.39 is 6.04 Å². The standard InChI is InChI=1S/C25H31N3O3/c1-15(2)22(28-24(30)21-8-6-5-7-16(21)3)25(31)26-17(4)18-11-13-20(14-12-18)27-23(29)19-9-10-19/h5-8,11-15,17,19,22H,9-10H2,1-4H3,(H,26,31)(H,27,29)(H,28,30). The fourth-order valence-corrected chi connectivity index (χ4v) is 3.41. The second-order valence-electron chi connectivity index (χ2n) is 8.63. The first-order chi connectivity index (χ1) is 14.8. The molecule has 0 heterocycles. The van der Waals surface area contributed by atoms with Crippen LogP contribution in [-0.2, 0) is 9.59 Å². The van der Waals surface area contributed by atoms with Crippen molar-refractivity contribution in [1.82, 2.24) is 10.6 Å². The molecule has 1 saturated carbocycles. The van der Waals surface area contributed by atoms with Crippen molar-refractivity contribution >= 4 is 23.4 Å². The van der Waals surface area contributed by atoms with Crippen LogP contribution in [0.2, 0.25) is 0 Å². The lowest BCUT2D eigenvalue weighted by Gasteiger charge is -2.24. The lowest BCUT2D eigenvalue weighted by Crippen LogP contribution is -2.50. The van der Waals surface area contributed by atoms with Crippen LogP contribution in [-0.4, -0.2) is 23.8 Å². The molecule has 3 rings (SSSR count). The van der Waals surface area contributed by atoms with Crippen LogP contribution < -0.4 is 16.0 Å². The predicted octanol–water partition coefficient (Wildman–Crippen LogP) is 3.98. The van der Waals surface area contributed by atoms with Crippen LogP contribution in [0.25, 0.3) is 0 Å². The minimum atomic E-state index is -0.647. The fourth-order valence-electron chi connectivity index (χ4n) is 3.41. The summed E-state index contributed by atoms with van der Waals surface area (Å²) in [5, 5.41) is 8.79. The zero-order valence-corrected chi connectivity index (χ0v) is 18.6. The quantitative estimate of drug-likeness (QED) is 0.603. The molecule has 2 atom stereocenters. The Balaban J connectivity index is 1.61. The molecule has 0 spiro atoms. The van der Waals surface area contributed by atoms with Gasteiger partial charge in [-0.25, -0.2) is 0 Å². The summed E-state index contributed by atoms with van der Waals surface area (Å²) in [5.74, 6) is -0.329. The molecule has 1 aliphatic carbocycles. The van der Waals surface area contributed by atoms with E-state index in [9.17, 15) is 14.4 Å². The predicted molar refractivity (Wildman–Crippen MR) is 122 cm³/mol. The van der Waals surface area contributed by atoms with Crippen molar-refractivity contribution in [3.8, 4) is 0 Å². The van der Waals surface area contributed by atoms with Crippen LogP contribution in [0.5, 0.6) is 0 Å². The SMILES string of the molecule is Cc1ccccc1C(=O)NC(C(=O)NC(C)c1ccc(NC(=O)C2CC2)cc1)C(C)C. The zero-order valence-electron chi connectivity index (χ0n) is 18.6. The Morgan fingerprint density at radius 1 is 0.903 bits per heavy atom. The molecular weight excluding hydrogens is 390 g/mol. The Labute approximate surface area is 183 Å². The van der Waals surface area contributed by atoms with Crippen molar-refractivity contribution in [3.05, 3.63) is 65.2 Å². The van der Waals surface area contributed by atoms with E-state index in [1.807, 2.05) is 70.2 Å². The van der Waals surface area contributed by atoms with Gasteiger partial charge in [-0.2, -0.15) is 0 Å². The molecule has 3 N–H and O–H groups in total. The molecule has 0 aromatic heterocycles. The molecule has 0 saturated heterocycles. The Kier molecular flexibility index (Phi) is 7.10. The third-order valence-corrected chi connectivity index (χ3v) is 5.61. The fraction of sp³-hybridized carbons (Fsp3) is 0.400. The summed E-state index contributed by atoms with van der Waals surface area (Å²) in [4.78, 5) is 37.5. The highest BCUT2D eigenvalue weighted by molar-refractivity contribution is 5.98. The maximum absolute atomic E-state index is 12.9. The van der Waals surface area contributed by atoms with E-state index in [1.54, 1.807) is 6.07 Å². The third-order valence-electron chi connectivity index (χ3n) is 5.61. The first-order valence-electron chi connectivity index (χ1n) is 10.8. The number of carbonyl (C=O) groups is 3. The van der Waals surface area contributed by atoms with Crippen molar-refractivity contribution in [2.45, 2.75) is 52.6 Å². The number of nitrogens with one attached hydrogen (secondary N) is 3. The highest BCUT2D eigenvalue weighted by atomic mass is 16.2. The molecular formula is C25H31N3O3. The molecule has 0 bridgehead atoms. The summed E-state index contributed by atoms with van der Waals surface area (Å²) in [6, 6.07) is 13.9. The average Bonchev–Trinajstić information content (AvgIpc) is 3.57. The van der Waals surface area contributed by atoms with Gasteiger partial charge in [0.15, 0.2) is 0 Å². The van der Waals surface area contributed by atoms with E-state index in [0.29, 0.717) is 5.56 Å². The van der Waals surface area contributed by atoms with Crippen molar-refractivity contribution in [1.29, 1.82) is 0 Å². The number of aryl methyl sites for hydroxylation is 1. The lowest BCUT2D eigenvalue weighted by atomic mass is 10.0. The Morgan fingerprint density at radius 2 is 1.55 bits per heavy atom. The van der Waals surface area contributed by atoms with Gasteiger partial charge in [0, 0.05) is 17.2 Å². The molecule has 6 nitrogen and oxygen atoms in total. The molecule has 0 radical (unpaired) electrons. The van der Waals surface area contributed by atoms with Gasteiger partial charge in [0.1, 0.15) is 6.04 Å². The zero-order chi connectivity index (χ0) is 22.5. The van der Waals surface area contributed by atoms with Gasteiger partial charge in [-0.15, -0.1) is 0 Å². The van der Waals surface area contributed by atoms with Crippen molar-refractivity contribution in [2.75, 3.05) is 5.32 Å². The summed E-state index contributed by atoms with van der Waals surface area (Å²) < 4.78 is 0. The van der Waals surface area contributed by atoms with Gasteiger partial charge in [-0.3, -0.25) is 14.4 Å². The number of hydrogen-bond donors (Lipinski definition) is 3. The van der Waals surface area contributed by atoms with E-state index in [4.69, 9.17) is 0 Å². The topological polar surface area (TPSA) is 87.3 Å². The largest absolute Gasteiger partial charge is 0.348 e. The normalized spacial score (nSPS) is 15.1. The number of rotatable bonds is 8. The highest BCUT2D eigenvalue weighted by Crippen LogP contribution is 2.30. The molecule has 1 fully saturated rings. The molecule has 1 aliphatic rings. The molecule has 31 heavy (non-hydrogen) atoms. The molecule has 6 heteroatoms. The maximum atomic E-state index is 12.9. The van der Waals surface area contributed by atoms with Crippen LogP contribution >= 0.6 is 0 Å². The molecule has 164 valence electrons. The van der Waals surface area contributed by atoms with E-state index >= 15 is 0 Å². The number of amides is 3. The van der Waals surface area contributed by atoms with E-state index in [0.717, 1.165) is 29.7 Å². The minimum Gasteiger partial charge on any atom is -0.348 e. The van der Waals surface area contributed by atoms with Crippen LogP contribution in [0.15, 0.2) is 48.5 Å². The third kappa shape index (κ3) is 5.94. The monoisotopic (exact) mass is 421 g/mol. The van der Waals surface area contributed by atoms with Gasteiger partial charge in [0.2, 0.25) is 11.8 Å². The summed E-state index contributed by atoms with van der Waals surface area (Å²) in [6.45, 7) is 7.59. The number of anilines is 1. The molecule has 0 aliphatic heterocycles. The number of carbonyl (C=O) groups excluding carboxylic acids is 3. The van der Waals surface area contributed by atoms with Crippen LogP contribution in [0.3, 0.4) is 0 Å². The van der Waals surface area contributed by atoms with Gasteiger partial charge >= 0.3 is 0 Å². The Hall–Kier alpha value is -3.15. The summed E-state index contributed by atoms with van der Waals surface area (Å²) in [5.41, 5.74) is 3.11. The van der Waals surface area contributed by atoms with Gasteiger partial charge in [0.05, 0.1) is 6.04 Å². The van der Waals surface area contributed by atoms with Crippen molar-refractivity contribution in [2.24, 2.45) is 11.8 Å². The summed E-state index contributed by atoms with van der Waals surface area (Å²) in [6.07, 6.45) is 1.93. The van der Waals surface area contributed by atoms with Gasteiger partial charge < -0.3 is 16.0 Å². The average molecular weight is 422 g/mol. The van der Waals surface area contributed by atoms with Crippen LogP contribution in [0.1, 0.15) is 61.1 Å². The van der Waals surface area contributed by atoms with Crippen LogP contribution in [0, 0.1) is 18.8 Å². The van der Waals surface area contributed by atoms with Crippen molar-refractivity contribution in [3.63, 3.8) is 0 Å². The summed E-state index contributed by atoms with van der Waals surface area (Å²) in [7, 11) is 0. The van der Waals surface area contributed by atoms with E-state index in [2.05, 4.69) is 16.0 Å². The summed E-state index contributed by atoms with van der Waals surface area (Å²) >= 11 is 0. The maximum Gasteiger partial charge on any atom is 0.252 e. The second kappa shape index (κ2) is 9.77. The highest BCUT2D eigenvalue weighted by Gasteiger charge is 2.29. The van der Waals surface area contributed by atoms with Gasteiger partial charge in [-0.1, -0.05) is 44.2 Å². The van der Waals surface area contributed by atoms with E-state index in [-0.39, 0.29) is 35.6 Å². The molecule has 3 amide bonds. The first-order valence-corrected chi connectivity index (χ1v) is 10.8. The molecule has 2 aromatic rings.